The smallest absolute Gasteiger partial charge is 0.339 e. The summed E-state index contributed by atoms with van der Waals surface area (Å²) >= 11 is 3.12. The van der Waals surface area contributed by atoms with Gasteiger partial charge in [-0.15, -0.1) is 0 Å². The lowest BCUT2D eigenvalue weighted by Crippen LogP contribution is -2.42. The first-order valence-corrected chi connectivity index (χ1v) is 6.98. The summed E-state index contributed by atoms with van der Waals surface area (Å²) in [6.45, 7) is 2.35. The van der Waals surface area contributed by atoms with Gasteiger partial charge < -0.3 is 20.1 Å². The van der Waals surface area contributed by atoms with Crippen molar-refractivity contribution in [3.63, 3.8) is 0 Å². The first-order chi connectivity index (χ1) is 9.47. The van der Waals surface area contributed by atoms with Crippen molar-refractivity contribution in [3.05, 3.63) is 28.0 Å². The molecule has 1 unspecified atom stereocenters. The molecule has 110 valence electrons. The zero-order chi connectivity index (χ0) is 14.7. The van der Waals surface area contributed by atoms with E-state index in [1.807, 2.05) is 7.05 Å². The zero-order valence-electron chi connectivity index (χ0n) is 11.1. The van der Waals surface area contributed by atoms with Crippen LogP contribution in [0.25, 0.3) is 0 Å². The summed E-state index contributed by atoms with van der Waals surface area (Å²) in [4.78, 5) is 14.1. The summed E-state index contributed by atoms with van der Waals surface area (Å²) in [5, 5.41) is 0. The van der Waals surface area contributed by atoms with Crippen LogP contribution in [0.4, 0.5) is 10.1 Å². The van der Waals surface area contributed by atoms with Gasteiger partial charge in [0, 0.05) is 17.6 Å². The van der Waals surface area contributed by atoms with Gasteiger partial charge in [-0.2, -0.15) is 0 Å². The number of hydrogen-bond donors (Lipinski definition) is 1. The van der Waals surface area contributed by atoms with Crippen LogP contribution < -0.4 is 5.73 Å². The number of hydrogen-bond acceptors (Lipinski definition) is 5. The summed E-state index contributed by atoms with van der Waals surface area (Å²) in [5.41, 5.74) is 5.56. The molecular formula is C13H16BrFN2O3. The molecule has 20 heavy (non-hydrogen) atoms. The van der Waals surface area contributed by atoms with Crippen LogP contribution >= 0.6 is 15.9 Å². The van der Waals surface area contributed by atoms with Gasteiger partial charge in [-0.05, 0) is 35.1 Å². The minimum absolute atomic E-state index is 0.0891. The maximum absolute atomic E-state index is 13.2. The van der Waals surface area contributed by atoms with Crippen LogP contribution in [0.5, 0.6) is 0 Å². The Morgan fingerprint density at radius 2 is 2.40 bits per heavy atom. The van der Waals surface area contributed by atoms with E-state index >= 15 is 0 Å². The maximum atomic E-state index is 13.2. The number of ether oxygens (including phenoxy) is 2. The van der Waals surface area contributed by atoms with Crippen LogP contribution in [-0.2, 0) is 9.47 Å². The normalized spacial score (nSPS) is 19.9. The number of nitrogen functional groups attached to an aromatic ring is 1. The van der Waals surface area contributed by atoms with Crippen LogP contribution in [0.1, 0.15) is 10.4 Å². The average molecular weight is 347 g/mol. The van der Waals surface area contributed by atoms with Crippen molar-refractivity contribution in [2.24, 2.45) is 0 Å². The minimum atomic E-state index is -0.578. The van der Waals surface area contributed by atoms with Crippen molar-refractivity contribution in [2.75, 3.05) is 39.1 Å². The van der Waals surface area contributed by atoms with E-state index in [1.54, 1.807) is 0 Å². The zero-order valence-corrected chi connectivity index (χ0v) is 12.7. The molecule has 1 aliphatic rings. The molecule has 2 N–H and O–H groups in total. The van der Waals surface area contributed by atoms with Crippen LogP contribution in [-0.4, -0.2) is 50.3 Å². The number of esters is 1. The molecule has 0 aromatic heterocycles. The Labute approximate surface area is 125 Å². The van der Waals surface area contributed by atoms with Crippen molar-refractivity contribution in [2.45, 2.75) is 6.10 Å². The first kappa shape index (κ1) is 15.2. The highest BCUT2D eigenvalue weighted by molar-refractivity contribution is 9.10. The molecule has 1 fully saturated rings. The summed E-state index contributed by atoms with van der Waals surface area (Å²) in [5.74, 6) is -1.13. The van der Waals surface area contributed by atoms with E-state index in [-0.39, 0.29) is 24.0 Å². The van der Waals surface area contributed by atoms with Crippen molar-refractivity contribution in [3.8, 4) is 0 Å². The van der Waals surface area contributed by atoms with Crippen molar-refractivity contribution in [1.82, 2.24) is 4.90 Å². The molecule has 0 aliphatic carbocycles. The van der Waals surface area contributed by atoms with Crippen molar-refractivity contribution in [1.29, 1.82) is 0 Å². The molecule has 0 saturated carbocycles. The van der Waals surface area contributed by atoms with E-state index < -0.39 is 11.8 Å². The molecule has 1 aliphatic heterocycles. The largest absolute Gasteiger partial charge is 0.459 e. The molecule has 0 bridgehead atoms. The Balaban J connectivity index is 1.96. The molecule has 1 saturated heterocycles. The Kier molecular flexibility index (Phi) is 4.95. The number of anilines is 1. The summed E-state index contributed by atoms with van der Waals surface area (Å²) in [6.07, 6.45) is -0.144. The molecule has 1 heterocycles. The molecule has 1 aromatic rings. The number of carbonyl (C=O) groups is 1. The number of carbonyl (C=O) groups excluding carboxylic acids is 1. The van der Waals surface area contributed by atoms with E-state index in [1.165, 1.54) is 6.07 Å². The Bertz CT molecular complexity index is 513. The molecule has 1 aromatic carbocycles. The topological polar surface area (TPSA) is 64.8 Å². The van der Waals surface area contributed by atoms with Gasteiger partial charge in [0.05, 0.1) is 17.9 Å². The summed E-state index contributed by atoms with van der Waals surface area (Å²) in [7, 11) is 1.98. The van der Waals surface area contributed by atoms with Crippen LogP contribution in [0.3, 0.4) is 0 Å². The number of nitrogens with zero attached hydrogens (tertiary/aromatic N) is 1. The maximum Gasteiger partial charge on any atom is 0.339 e. The number of halogens is 2. The lowest BCUT2D eigenvalue weighted by molar-refractivity contribution is -0.0528. The van der Waals surface area contributed by atoms with Gasteiger partial charge >= 0.3 is 5.97 Å². The fourth-order valence-corrected chi connectivity index (χ4v) is 2.41. The van der Waals surface area contributed by atoms with E-state index in [2.05, 4.69) is 20.8 Å². The van der Waals surface area contributed by atoms with Crippen LogP contribution in [0, 0.1) is 5.82 Å². The summed E-state index contributed by atoms with van der Waals surface area (Å²) in [6, 6.07) is 2.41. The van der Waals surface area contributed by atoms with E-state index in [9.17, 15) is 9.18 Å². The third-order valence-electron chi connectivity index (χ3n) is 3.05. The fraction of sp³-hybridized carbons (Fsp3) is 0.462. The molecule has 2 rings (SSSR count). The Morgan fingerprint density at radius 1 is 1.65 bits per heavy atom. The van der Waals surface area contributed by atoms with E-state index in [0.29, 0.717) is 17.6 Å². The van der Waals surface area contributed by atoms with Gasteiger partial charge in [-0.25, -0.2) is 9.18 Å². The third-order valence-corrected chi connectivity index (χ3v) is 3.70. The quantitative estimate of drug-likeness (QED) is 0.666. The average Bonchev–Trinajstić information content (AvgIpc) is 2.40. The predicted molar refractivity (Wildman–Crippen MR) is 76.0 cm³/mol. The van der Waals surface area contributed by atoms with Gasteiger partial charge in [0.2, 0.25) is 0 Å². The van der Waals surface area contributed by atoms with Gasteiger partial charge in [0.1, 0.15) is 18.5 Å². The highest BCUT2D eigenvalue weighted by Crippen LogP contribution is 2.23. The number of morpholine rings is 1. The van der Waals surface area contributed by atoms with Gasteiger partial charge in [0.25, 0.3) is 0 Å². The molecule has 0 spiro atoms. The number of likely N-dealkylation sites (N-methyl/N-ethyl adjacent to an activating group) is 1. The second-order valence-electron chi connectivity index (χ2n) is 4.71. The number of benzene rings is 1. The molecule has 7 heteroatoms. The van der Waals surface area contributed by atoms with E-state index in [4.69, 9.17) is 15.2 Å². The standard InChI is InChI=1S/C13H16BrFN2O3/c1-17-2-3-19-8(6-17)7-20-13(18)9-4-12(16)11(15)5-10(9)14/h4-5,8H,2-3,6-7,16H2,1H3. The molecule has 5 nitrogen and oxygen atoms in total. The monoisotopic (exact) mass is 346 g/mol. The highest BCUT2D eigenvalue weighted by Gasteiger charge is 2.21. The molecule has 1 atom stereocenters. The molecule has 0 radical (unpaired) electrons. The van der Waals surface area contributed by atoms with E-state index in [0.717, 1.165) is 12.6 Å². The van der Waals surface area contributed by atoms with Crippen LogP contribution in [0.2, 0.25) is 0 Å². The third kappa shape index (κ3) is 3.68. The highest BCUT2D eigenvalue weighted by atomic mass is 79.9. The van der Waals surface area contributed by atoms with Gasteiger partial charge in [-0.1, -0.05) is 0 Å². The molecule has 0 amide bonds. The lowest BCUT2D eigenvalue weighted by Gasteiger charge is -2.29. The first-order valence-electron chi connectivity index (χ1n) is 6.19. The van der Waals surface area contributed by atoms with Crippen molar-refractivity contribution < 1.29 is 18.7 Å². The Hall–Kier alpha value is -1.18. The Morgan fingerprint density at radius 3 is 3.10 bits per heavy atom. The predicted octanol–water partition coefficient (Wildman–Crippen LogP) is 1.66. The molecular weight excluding hydrogens is 331 g/mol. The second kappa shape index (κ2) is 6.51. The SMILES string of the molecule is CN1CCOC(COC(=O)c2cc(N)c(F)cc2Br)C1. The van der Waals surface area contributed by atoms with Gasteiger partial charge in [-0.3, -0.25) is 0 Å². The minimum Gasteiger partial charge on any atom is -0.459 e. The lowest BCUT2D eigenvalue weighted by atomic mass is 10.2. The van der Waals surface area contributed by atoms with Crippen LogP contribution in [0.15, 0.2) is 16.6 Å². The van der Waals surface area contributed by atoms with Crippen molar-refractivity contribution >= 4 is 27.6 Å². The summed E-state index contributed by atoms with van der Waals surface area (Å²) < 4.78 is 24.2. The number of rotatable bonds is 3. The number of nitrogens with two attached hydrogens (primary N) is 1. The van der Waals surface area contributed by atoms with Gasteiger partial charge in [0.15, 0.2) is 0 Å². The second-order valence-corrected chi connectivity index (χ2v) is 5.56. The fourth-order valence-electron chi connectivity index (χ4n) is 1.94.